The van der Waals surface area contributed by atoms with Gasteiger partial charge in [-0.25, -0.2) is 9.07 Å². The first-order chi connectivity index (χ1) is 15.1. The molecule has 1 aliphatic heterocycles. The number of anilines is 1. The number of halogens is 1. The third-order valence-electron chi connectivity index (χ3n) is 5.80. The fourth-order valence-electron chi connectivity index (χ4n) is 4.11. The Morgan fingerprint density at radius 1 is 1.16 bits per heavy atom. The van der Waals surface area contributed by atoms with Crippen molar-refractivity contribution in [3.05, 3.63) is 77.1 Å². The maximum Gasteiger partial charge on any atom is 0.261 e. The molecule has 4 aromatic rings. The highest BCUT2D eigenvalue weighted by atomic mass is 32.1. The van der Waals surface area contributed by atoms with E-state index in [1.165, 1.54) is 29.2 Å². The number of benzene rings is 2. The van der Waals surface area contributed by atoms with E-state index < -0.39 is 0 Å². The molecule has 1 unspecified atom stereocenters. The number of aryl methyl sites for hydroxylation is 1. The van der Waals surface area contributed by atoms with Gasteiger partial charge in [0.15, 0.2) is 0 Å². The molecular weight excluding hydrogens is 411 g/mol. The molecule has 1 fully saturated rings. The first-order valence-electron chi connectivity index (χ1n) is 10.4. The number of carbonyl (C=O) groups excluding carboxylic acids is 1. The summed E-state index contributed by atoms with van der Waals surface area (Å²) >= 11 is 1.42. The summed E-state index contributed by atoms with van der Waals surface area (Å²) in [5.74, 6) is 0.104. The second-order valence-electron chi connectivity index (χ2n) is 7.95. The van der Waals surface area contributed by atoms with Crippen LogP contribution in [0.5, 0.6) is 0 Å². The number of amides is 1. The van der Waals surface area contributed by atoms with Crippen LogP contribution in [-0.2, 0) is 0 Å². The largest absolute Gasteiger partial charge is 0.371 e. The number of carbonyl (C=O) groups is 1. The second kappa shape index (κ2) is 8.15. The number of hydrogen-bond donors (Lipinski definition) is 1. The molecule has 158 valence electrons. The Balaban J connectivity index is 1.27. The molecule has 1 atom stereocenters. The van der Waals surface area contributed by atoms with Crippen molar-refractivity contribution in [2.24, 2.45) is 5.92 Å². The molecule has 7 heteroatoms. The van der Waals surface area contributed by atoms with Gasteiger partial charge in [-0.1, -0.05) is 18.2 Å². The SMILES string of the molecule is Cc1nn(-c2ccc(F)cc2)c2sc(C(=O)NCC3CCN(c4ccccc4)C3)cc12. The molecule has 0 aliphatic carbocycles. The normalized spacial score (nSPS) is 16.2. The van der Waals surface area contributed by atoms with Crippen molar-refractivity contribution in [2.75, 3.05) is 24.5 Å². The summed E-state index contributed by atoms with van der Waals surface area (Å²) in [6.07, 6.45) is 1.07. The average molecular weight is 435 g/mol. The maximum atomic E-state index is 13.3. The van der Waals surface area contributed by atoms with Crippen LogP contribution < -0.4 is 10.2 Å². The van der Waals surface area contributed by atoms with Crippen LogP contribution in [0.4, 0.5) is 10.1 Å². The molecule has 1 aliphatic rings. The monoisotopic (exact) mass is 434 g/mol. The van der Waals surface area contributed by atoms with Gasteiger partial charge in [0, 0.05) is 30.7 Å². The summed E-state index contributed by atoms with van der Waals surface area (Å²) in [7, 11) is 0. The summed E-state index contributed by atoms with van der Waals surface area (Å²) in [6.45, 7) is 4.56. The molecular formula is C24H23FN4OS. The minimum atomic E-state index is -0.284. The van der Waals surface area contributed by atoms with E-state index in [1.54, 1.807) is 16.8 Å². The lowest BCUT2D eigenvalue weighted by atomic mass is 10.1. The highest BCUT2D eigenvalue weighted by Gasteiger charge is 2.24. The number of nitrogens with one attached hydrogen (secondary N) is 1. The lowest BCUT2D eigenvalue weighted by Crippen LogP contribution is -2.30. The van der Waals surface area contributed by atoms with Gasteiger partial charge in [-0.2, -0.15) is 5.10 Å². The van der Waals surface area contributed by atoms with Crippen LogP contribution in [0.15, 0.2) is 60.7 Å². The minimum Gasteiger partial charge on any atom is -0.371 e. The molecule has 0 bridgehead atoms. The van der Waals surface area contributed by atoms with Crippen LogP contribution in [0.25, 0.3) is 15.9 Å². The summed E-state index contributed by atoms with van der Waals surface area (Å²) in [5, 5.41) is 8.63. The molecule has 0 radical (unpaired) electrons. The summed E-state index contributed by atoms with van der Waals surface area (Å²) in [4.78, 5) is 16.8. The van der Waals surface area contributed by atoms with Gasteiger partial charge >= 0.3 is 0 Å². The Bertz CT molecular complexity index is 1220. The highest BCUT2D eigenvalue weighted by molar-refractivity contribution is 7.20. The third-order valence-corrected chi connectivity index (χ3v) is 6.91. The average Bonchev–Trinajstić information content (AvgIpc) is 3.50. The van der Waals surface area contributed by atoms with Crippen LogP contribution >= 0.6 is 11.3 Å². The lowest BCUT2D eigenvalue weighted by molar-refractivity contribution is 0.0952. The van der Waals surface area contributed by atoms with E-state index in [9.17, 15) is 9.18 Å². The van der Waals surface area contributed by atoms with Crippen molar-refractivity contribution < 1.29 is 9.18 Å². The summed E-state index contributed by atoms with van der Waals surface area (Å²) < 4.78 is 15.1. The zero-order valence-electron chi connectivity index (χ0n) is 17.2. The van der Waals surface area contributed by atoms with E-state index in [-0.39, 0.29) is 11.7 Å². The van der Waals surface area contributed by atoms with Gasteiger partial charge in [0.05, 0.1) is 16.3 Å². The van der Waals surface area contributed by atoms with Crippen molar-refractivity contribution >= 4 is 33.1 Å². The van der Waals surface area contributed by atoms with Gasteiger partial charge in [0.2, 0.25) is 0 Å². The molecule has 31 heavy (non-hydrogen) atoms. The van der Waals surface area contributed by atoms with Crippen LogP contribution in [0, 0.1) is 18.7 Å². The Hall–Kier alpha value is -3.19. The van der Waals surface area contributed by atoms with Crippen LogP contribution in [0.1, 0.15) is 21.8 Å². The zero-order chi connectivity index (χ0) is 21.4. The molecule has 5 nitrogen and oxygen atoms in total. The topological polar surface area (TPSA) is 50.2 Å². The van der Waals surface area contributed by atoms with E-state index in [4.69, 9.17) is 0 Å². The first-order valence-corrected chi connectivity index (χ1v) is 11.2. The molecule has 3 heterocycles. The number of rotatable bonds is 5. The van der Waals surface area contributed by atoms with E-state index in [1.807, 2.05) is 19.1 Å². The molecule has 2 aromatic heterocycles. The number of thiophene rings is 1. The fourth-order valence-corrected chi connectivity index (χ4v) is 5.21. The summed E-state index contributed by atoms with van der Waals surface area (Å²) in [5.41, 5.74) is 2.87. The number of hydrogen-bond acceptors (Lipinski definition) is 4. The standard InChI is InChI=1S/C24H23FN4OS/c1-16-21-13-22(31-24(21)29(27-16)20-9-7-18(25)8-10-20)23(30)26-14-17-11-12-28(15-17)19-5-3-2-4-6-19/h2-10,13,17H,11-12,14-15H2,1H3,(H,26,30). The third kappa shape index (κ3) is 3.93. The molecule has 1 amide bonds. The second-order valence-corrected chi connectivity index (χ2v) is 8.98. The predicted molar refractivity (Wildman–Crippen MR) is 123 cm³/mol. The maximum absolute atomic E-state index is 13.3. The van der Waals surface area contributed by atoms with Crippen molar-refractivity contribution in [3.8, 4) is 5.69 Å². The van der Waals surface area contributed by atoms with Crippen LogP contribution in [-0.4, -0.2) is 35.3 Å². The first kappa shape index (κ1) is 19.8. The smallest absolute Gasteiger partial charge is 0.261 e. The fraction of sp³-hybridized carbons (Fsp3) is 0.250. The highest BCUT2D eigenvalue weighted by Crippen LogP contribution is 2.30. The van der Waals surface area contributed by atoms with Crippen molar-refractivity contribution in [3.63, 3.8) is 0 Å². The summed E-state index contributed by atoms with van der Waals surface area (Å²) in [6, 6.07) is 18.5. The molecule has 0 saturated carbocycles. The van der Waals surface area contributed by atoms with Gasteiger partial charge in [-0.15, -0.1) is 11.3 Å². The molecule has 0 spiro atoms. The molecule has 1 N–H and O–H groups in total. The van der Waals surface area contributed by atoms with E-state index in [0.717, 1.165) is 41.1 Å². The van der Waals surface area contributed by atoms with E-state index in [2.05, 4.69) is 39.6 Å². The number of aromatic nitrogens is 2. The Labute approximate surface area is 184 Å². The van der Waals surface area contributed by atoms with E-state index in [0.29, 0.717) is 17.3 Å². The van der Waals surface area contributed by atoms with Crippen LogP contribution in [0.2, 0.25) is 0 Å². The molecule has 5 rings (SSSR count). The van der Waals surface area contributed by atoms with Crippen molar-refractivity contribution in [2.45, 2.75) is 13.3 Å². The van der Waals surface area contributed by atoms with Crippen LogP contribution in [0.3, 0.4) is 0 Å². The Morgan fingerprint density at radius 3 is 2.71 bits per heavy atom. The van der Waals surface area contributed by atoms with Gasteiger partial charge in [0.1, 0.15) is 10.6 Å². The zero-order valence-corrected chi connectivity index (χ0v) is 18.0. The van der Waals surface area contributed by atoms with Gasteiger partial charge in [0.25, 0.3) is 5.91 Å². The number of para-hydroxylation sites is 1. The number of fused-ring (bicyclic) bond motifs is 1. The van der Waals surface area contributed by atoms with E-state index >= 15 is 0 Å². The molecule has 2 aromatic carbocycles. The quantitative estimate of drug-likeness (QED) is 0.491. The predicted octanol–water partition coefficient (Wildman–Crippen LogP) is 4.79. The van der Waals surface area contributed by atoms with Crippen molar-refractivity contribution in [1.29, 1.82) is 0 Å². The van der Waals surface area contributed by atoms with Gasteiger partial charge in [-0.05, 0) is 61.7 Å². The van der Waals surface area contributed by atoms with Crippen molar-refractivity contribution in [1.82, 2.24) is 15.1 Å². The Kier molecular flexibility index (Phi) is 5.19. The molecule has 1 saturated heterocycles. The minimum absolute atomic E-state index is 0.0515. The lowest BCUT2D eigenvalue weighted by Gasteiger charge is -2.18. The van der Waals surface area contributed by atoms with Gasteiger partial charge < -0.3 is 10.2 Å². The number of nitrogens with zero attached hydrogens (tertiary/aromatic N) is 3. The van der Waals surface area contributed by atoms with Gasteiger partial charge in [-0.3, -0.25) is 4.79 Å². The Morgan fingerprint density at radius 2 is 1.94 bits per heavy atom.